The minimum atomic E-state index is -3.55. The highest BCUT2D eigenvalue weighted by molar-refractivity contribution is 7.62. The lowest BCUT2D eigenvalue weighted by atomic mass is 10.2. The quantitative estimate of drug-likeness (QED) is 0.518. The van der Waals surface area contributed by atoms with Gasteiger partial charge in [0.2, 0.25) is 5.91 Å². The van der Waals surface area contributed by atoms with Crippen molar-refractivity contribution in [1.29, 1.82) is 0 Å². The van der Waals surface area contributed by atoms with Gasteiger partial charge in [-0.05, 0) is 34.6 Å². The molecule has 1 amide bonds. The Morgan fingerprint density at radius 1 is 1.20 bits per heavy atom. The number of amides is 1. The highest BCUT2D eigenvalue weighted by atomic mass is 31.2. The monoisotopic (exact) mass is 310 g/mol. The molecule has 0 aromatic rings. The molecule has 0 saturated carbocycles. The van der Waals surface area contributed by atoms with Crippen molar-refractivity contribution in [1.82, 2.24) is 0 Å². The second kappa shape index (κ2) is 7.88. The first-order chi connectivity index (χ1) is 9.05. The lowest BCUT2D eigenvalue weighted by Gasteiger charge is -2.26. The van der Waals surface area contributed by atoms with Gasteiger partial charge in [-0.2, -0.15) is 13.9 Å². The van der Waals surface area contributed by atoms with Gasteiger partial charge in [0.25, 0.3) is 5.66 Å². The third kappa shape index (κ3) is 6.61. The number of carbonyl (C=O) groups is 2. The van der Waals surface area contributed by atoms with E-state index in [-0.39, 0.29) is 19.6 Å². The fourth-order valence-electron chi connectivity index (χ4n) is 1.48. The lowest BCUT2D eigenvalue weighted by molar-refractivity contribution is -0.155. The van der Waals surface area contributed by atoms with Crippen LogP contribution in [0.15, 0.2) is 0 Å². The van der Waals surface area contributed by atoms with Crippen LogP contribution in [0.1, 0.15) is 41.0 Å². The van der Waals surface area contributed by atoms with E-state index >= 15 is 0 Å². The van der Waals surface area contributed by atoms with Crippen molar-refractivity contribution in [2.24, 2.45) is 5.73 Å². The highest BCUT2D eigenvalue weighted by Gasteiger charge is 2.56. The number of rotatable bonds is 8. The number of nitrogens with two attached hydrogens (primary N) is 1. The molecule has 118 valence electrons. The molecule has 0 bridgehead atoms. The molecule has 8 heteroatoms. The molecule has 3 N–H and O–H groups in total. The smallest absolute Gasteiger partial charge is 0.424 e. The number of carbonyl (C=O) groups excluding carboxylic acids is 2. The summed E-state index contributed by atoms with van der Waals surface area (Å²) in [6.07, 6.45) is -0.390. The van der Waals surface area contributed by atoms with Crippen molar-refractivity contribution in [3.8, 4) is 0 Å². The Bertz CT molecular complexity index is 335. The van der Waals surface area contributed by atoms with Crippen LogP contribution in [0.2, 0.25) is 0 Å². The van der Waals surface area contributed by atoms with E-state index in [0.717, 1.165) is 0 Å². The Hall–Kier alpha value is -0.750. The molecule has 0 radical (unpaired) electrons. The summed E-state index contributed by atoms with van der Waals surface area (Å²) in [5, 5.41) is 0. The molecule has 0 heterocycles. The third-order valence-corrected chi connectivity index (χ3v) is 4.53. The maximum Gasteiger partial charge on any atom is 0.424 e. The van der Waals surface area contributed by atoms with Gasteiger partial charge in [-0.15, -0.1) is 0 Å². The Morgan fingerprint density at radius 3 is 1.95 bits per heavy atom. The third-order valence-electron chi connectivity index (χ3n) is 2.10. The summed E-state index contributed by atoms with van der Waals surface area (Å²) in [4.78, 5) is 33.8. The van der Waals surface area contributed by atoms with Gasteiger partial charge in [-0.25, -0.2) is 4.79 Å². The molecule has 0 aliphatic heterocycles. The van der Waals surface area contributed by atoms with Crippen molar-refractivity contribution >= 4 is 19.8 Å². The zero-order chi connectivity index (χ0) is 16.0. The summed E-state index contributed by atoms with van der Waals surface area (Å²) in [6, 6.07) is 0. The van der Waals surface area contributed by atoms with Crippen LogP contribution in [-0.4, -0.2) is 41.2 Å². The van der Waals surface area contributed by atoms with Crippen molar-refractivity contribution in [3.05, 3.63) is 0 Å². The molecular weight excluding hydrogens is 285 g/mol. The molecule has 1 unspecified atom stereocenters. The Kier molecular flexibility index (Phi) is 7.59. The summed E-state index contributed by atoms with van der Waals surface area (Å²) in [5.41, 5.74) is 3.14. The SMILES string of the molecule is CCO[P+](O)(OCC)C(CC(N)=O)C(=O)OC(C)(C)C. The van der Waals surface area contributed by atoms with Gasteiger partial charge in [-0.1, -0.05) is 0 Å². The fraction of sp³-hybridized carbons (Fsp3) is 0.833. The zero-order valence-corrected chi connectivity index (χ0v) is 13.6. The zero-order valence-electron chi connectivity index (χ0n) is 12.7. The van der Waals surface area contributed by atoms with Crippen LogP contribution in [0.5, 0.6) is 0 Å². The summed E-state index contributed by atoms with van der Waals surface area (Å²) >= 11 is 0. The van der Waals surface area contributed by atoms with Crippen LogP contribution in [0.25, 0.3) is 0 Å². The maximum atomic E-state index is 12.2. The highest BCUT2D eigenvalue weighted by Crippen LogP contribution is 2.62. The predicted molar refractivity (Wildman–Crippen MR) is 75.8 cm³/mol. The normalized spacial score (nSPS) is 13.9. The topological polar surface area (TPSA) is 108 Å². The number of hydrogen-bond donors (Lipinski definition) is 2. The van der Waals surface area contributed by atoms with Crippen LogP contribution in [0, 0.1) is 0 Å². The van der Waals surface area contributed by atoms with Crippen molar-refractivity contribution in [3.63, 3.8) is 0 Å². The maximum absolute atomic E-state index is 12.2. The summed E-state index contributed by atoms with van der Waals surface area (Å²) in [5.74, 6) is -1.49. The molecule has 0 aromatic carbocycles. The molecule has 0 aromatic heterocycles. The second-order valence-electron chi connectivity index (χ2n) is 5.12. The van der Waals surface area contributed by atoms with E-state index in [1.807, 2.05) is 0 Å². The molecule has 0 spiro atoms. The van der Waals surface area contributed by atoms with E-state index < -0.39 is 31.1 Å². The van der Waals surface area contributed by atoms with Gasteiger partial charge in [0.15, 0.2) is 0 Å². The van der Waals surface area contributed by atoms with E-state index in [1.54, 1.807) is 34.6 Å². The first-order valence-electron chi connectivity index (χ1n) is 6.47. The second-order valence-corrected chi connectivity index (χ2v) is 7.39. The molecular formula is C12H25NO6P+. The Morgan fingerprint density at radius 2 is 1.65 bits per heavy atom. The summed E-state index contributed by atoms with van der Waals surface area (Å²) in [7, 11) is -3.55. The van der Waals surface area contributed by atoms with Crippen molar-refractivity contribution < 1.29 is 28.3 Å². The molecule has 1 atom stereocenters. The lowest BCUT2D eigenvalue weighted by Crippen LogP contribution is -2.37. The van der Waals surface area contributed by atoms with E-state index in [0.29, 0.717) is 0 Å². The largest absolute Gasteiger partial charge is 0.457 e. The first-order valence-corrected chi connectivity index (χ1v) is 8.12. The average molecular weight is 310 g/mol. The summed E-state index contributed by atoms with van der Waals surface area (Å²) in [6.45, 7) is 8.65. The predicted octanol–water partition coefficient (Wildman–Crippen LogP) is 1.40. The number of esters is 1. The van der Waals surface area contributed by atoms with Gasteiger partial charge < -0.3 is 10.5 Å². The standard InChI is InChI=1S/C12H24NO6P/c1-6-17-20(16,18-7-2)9(8-10(13)14)11(15)19-12(3,4)5/h9,16H,6-8H2,1-5H3,(H-,13,14)/p+1. The van der Waals surface area contributed by atoms with Crippen molar-refractivity contribution in [2.75, 3.05) is 13.2 Å². The minimum Gasteiger partial charge on any atom is -0.457 e. The van der Waals surface area contributed by atoms with Crippen LogP contribution in [0.4, 0.5) is 0 Å². The Labute approximate surface area is 120 Å². The summed E-state index contributed by atoms with van der Waals surface area (Å²) < 4.78 is 15.6. The first kappa shape index (κ1) is 19.2. The number of hydrogen-bond acceptors (Lipinski definition) is 6. The van der Waals surface area contributed by atoms with E-state index in [4.69, 9.17) is 19.5 Å². The van der Waals surface area contributed by atoms with Gasteiger partial charge in [0, 0.05) is 0 Å². The molecule has 20 heavy (non-hydrogen) atoms. The molecule has 7 nitrogen and oxygen atoms in total. The van der Waals surface area contributed by atoms with Gasteiger partial charge >= 0.3 is 13.9 Å². The van der Waals surface area contributed by atoms with Crippen LogP contribution >= 0.6 is 7.94 Å². The van der Waals surface area contributed by atoms with Crippen LogP contribution in [-0.2, 0) is 23.4 Å². The average Bonchev–Trinajstić information content (AvgIpc) is 2.23. The Balaban J connectivity index is 5.28. The minimum absolute atomic E-state index is 0.141. The van der Waals surface area contributed by atoms with Crippen LogP contribution < -0.4 is 5.73 Å². The van der Waals surface area contributed by atoms with Crippen LogP contribution in [0.3, 0.4) is 0 Å². The number of primary amides is 1. The molecule has 0 aliphatic rings. The van der Waals surface area contributed by atoms with E-state index in [2.05, 4.69) is 0 Å². The number of ether oxygens (including phenoxy) is 1. The molecule has 0 saturated heterocycles. The van der Waals surface area contributed by atoms with E-state index in [9.17, 15) is 14.5 Å². The van der Waals surface area contributed by atoms with Gasteiger partial charge in [0.1, 0.15) is 5.60 Å². The molecule has 0 aliphatic carbocycles. The van der Waals surface area contributed by atoms with E-state index in [1.165, 1.54) is 0 Å². The fourth-order valence-corrected chi connectivity index (χ4v) is 3.38. The molecule has 0 fully saturated rings. The molecule has 0 rings (SSSR count). The van der Waals surface area contributed by atoms with Gasteiger partial charge in [-0.3, -0.25) is 4.79 Å². The van der Waals surface area contributed by atoms with Crippen molar-refractivity contribution in [2.45, 2.75) is 52.3 Å². The van der Waals surface area contributed by atoms with Gasteiger partial charge in [0.05, 0.1) is 19.6 Å².